The summed E-state index contributed by atoms with van der Waals surface area (Å²) in [6.45, 7) is 0.975. The van der Waals surface area contributed by atoms with Crippen LogP contribution in [-0.2, 0) is 12.6 Å². The molecular formula is C14H18F3NOS. The fraction of sp³-hybridized carbons (Fsp3) is 0.571. The van der Waals surface area contributed by atoms with Gasteiger partial charge in [-0.1, -0.05) is 0 Å². The predicted molar refractivity (Wildman–Crippen MR) is 74.5 cm³/mol. The lowest BCUT2D eigenvalue weighted by molar-refractivity contribution is -0.139. The smallest absolute Gasteiger partial charge is 0.417 e. The van der Waals surface area contributed by atoms with Crippen LogP contribution in [0.5, 0.6) is 5.75 Å². The number of hydrogen-bond donors (Lipinski definition) is 1. The zero-order valence-corrected chi connectivity index (χ0v) is 12.3. The van der Waals surface area contributed by atoms with Crippen LogP contribution in [0.25, 0.3) is 0 Å². The molecule has 1 aliphatic heterocycles. The molecule has 0 bridgehead atoms. The highest BCUT2D eigenvalue weighted by atomic mass is 32.2. The molecule has 1 aromatic carbocycles. The minimum Gasteiger partial charge on any atom is -0.496 e. The van der Waals surface area contributed by atoms with E-state index in [2.05, 4.69) is 5.32 Å². The van der Waals surface area contributed by atoms with Crippen LogP contribution in [-0.4, -0.2) is 26.0 Å². The fourth-order valence-electron chi connectivity index (χ4n) is 2.54. The van der Waals surface area contributed by atoms with E-state index in [0.717, 1.165) is 42.8 Å². The third-order valence-corrected chi connectivity index (χ3v) is 4.31. The van der Waals surface area contributed by atoms with E-state index >= 15 is 0 Å². The average Bonchev–Trinajstić information content (AvgIpc) is 2.89. The van der Waals surface area contributed by atoms with E-state index in [-0.39, 0.29) is 4.90 Å². The highest BCUT2D eigenvalue weighted by Crippen LogP contribution is 2.40. The average molecular weight is 305 g/mol. The van der Waals surface area contributed by atoms with Gasteiger partial charge in [0.05, 0.1) is 12.7 Å². The van der Waals surface area contributed by atoms with Crippen molar-refractivity contribution in [1.82, 2.24) is 5.32 Å². The number of nitrogens with one attached hydrogen (secondary N) is 1. The van der Waals surface area contributed by atoms with Crippen LogP contribution in [0.4, 0.5) is 13.2 Å². The second kappa shape index (κ2) is 6.26. The zero-order valence-electron chi connectivity index (χ0n) is 11.5. The molecule has 0 aliphatic carbocycles. The van der Waals surface area contributed by atoms with Crippen molar-refractivity contribution < 1.29 is 17.9 Å². The standard InChI is InChI=1S/C14H18F3NOS/c1-19-12-8-11(14(15,16)17)13(20-2)7-9(12)6-10-4-3-5-18-10/h7-8,10,18H,3-6H2,1-2H3/t10-/m1/s1. The van der Waals surface area contributed by atoms with E-state index in [1.807, 2.05) is 0 Å². The molecule has 1 heterocycles. The van der Waals surface area contributed by atoms with Gasteiger partial charge in [0, 0.05) is 10.9 Å². The first-order chi connectivity index (χ1) is 9.45. The number of hydrogen-bond acceptors (Lipinski definition) is 3. The number of alkyl halides is 3. The summed E-state index contributed by atoms with van der Waals surface area (Å²) in [5.74, 6) is 0.323. The van der Waals surface area contributed by atoms with Crippen molar-refractivity contribution in [2.75, 3.05) is 19.9 Å². The first-order valence-corrected chi connectivity index (χ1v) is 7.73. The second-order valence-electron chi connectivity index (χ2n) is 4.86. The minimum absolute atomic E-state index is 0.256. The maximum absolute atomic E-state index is 13.0. The quantitative estimate of drug-likeness (QED) is 0.857. The molecule has 0 saturated carbocycles. The van der Waals surface area contributed by atoms with Crippen molar-refractivity contribution >= 4 is 11.8 Å². The van der Waals surface area contributed by atoms with Crippen molar-refractivity contribution in [3.63, 3.8) is 0 Å². The summed E-state index contributed by atoms with van der Waals surface area (Å²) in [5, 5.41) is 3.35. The fourth-order valence-corrected chi connectivity index (χ4v) is 3.19. The van der Waals surface area contributed by atoms with Gasteiger partial charge in [0.25, 0.3) is 0 Å². The number of methoxy groups -OCH3 is 1. The Morgan fingerprint density at radius 1 is 1.40 bits per heavy atom. The third kappa shape index (κ3) is 3.41. The van der Waals surface area contributed by atoms with Crippen molar-refractivity contribution in [3.05, 3.63) is 23.3 Å². The molecule has 0 aromatic heterocycles. The van der Waals surface area contributed by atoms with Gasteiger partial charge >= 0.3 is 6.18 Å². The van der Waals surface area contributed by atoms with Crippen LogP contribution in [0.15, 0.2) is 17.0 Å². The number of benzene rings is 1. The van der Waals surface area contributed by atoms with E-state index in [1.165, 1.54) is 7.11 Å². The Bertz CT molecular complexity index is 470. The number of ether oxygens (including phenoxy) is 1. The monoisotopic (exact) mass is 305 g/mol. The summed E-state index contributed by atoms with van der Waals surface area (Å²) in [6, 6.07) is 3.07. The summed E-state index contributed by atoms with van der Waals surface area (Å²) in [4.78, 5) is 0.256. The summed E-state index contributed by atoms with van der Waals surface area (Å²) in [5.41, 5.74) is 0.217. The van der Waals surface area contributed by atoms with Crippen LogP contribution in [0.3, 0.4) is 0 Å². The highest BCUT2D eigenvalue weighted by molar-refractivity contribution is 7.98. The molecule has 1 N–H and O–H groups in total. The molecule has 6 heteroatoms. The second-order valence-corrected chi connectivity index (χ2v) is 5.71. The van der Waals surface area contributed by atoms with Gasteiger partial charge in [-0.25, -0.2) is 0 Å². The Labute approximate surface area is 121 Å². The van der Waals surface area contributed by atoms with Crippen molar-refractivity contribution in [2.24, 2.45) is 0 Å². The number of thioether (sulfide) groups is 1. The van der Waals surface area contributed by atoms with E-state index in [1.54, 1.807) is 12.3 Å². The third-order valence-electron chi connectivity index (χ3n) is 3.54. The van der Waals surface area contributed by atoms with Crippen LogP contribution < -0.4 is 10.1 Å². The molecule has 2 nitrogen and oxygen atoms in total. The first kappa shape index (κ1) is 15.5. The van der Waals surface area contributed by atoms with Crippen molar-refractivity contribution in [2.45, 2.75) is 36.4 Å². The van der Waals surface area contributed by atoms with Crippen LogP contribution in [0.1, 0.15) is 24.0 Å². The number of rotatable bonds is 4. The van der Waals surface area contributed by atoms with E-state index in [0.29, 0.717) is 18.2 Å². The van der Waals surface area contributed by atoms with Crippen LogP contribution in [0.2, 0.25) is 0 Å². The number of halogens is 3. The van der Waals surface area contributed by atoms with Crippen molar-refractivity contribution in [1.29, 1.82) is 0 Å². The Kier molecular flexibility index (Phi) is 4.86. The van der Waals surface area contributed by atoms with Gasteiger partial charge in [-0.3, -0.25) is 0 Å². The summed E-state index contributed by atoms with van der Waals surface area (Å²) >= 11 is 1.12. The molecule has 1 aromatic rings. The molecule has 1 fully saturated rings. The van der Waals surface area contributed by atoms with Gasteiger partial charge in [0.1, 0.15) is 5.75 Å². The van der Waals surface area contributed by atoms with Gasteiger partial charge < -0.3 is 10.1 Å². The van der Waals surface area contributed by atoms with E-state index in [9.17, 15) is 13.2 Å². The Morgan fingerprint density at radius 3 is 2.65 bits per heavy atom. The molecule has 1 aliphatic rings. The van der Waals surface area contributed by atoms with E-state index < -0.39 is 11.7 Å². The lowest BCUT2D eigenvalue weighted by atomic mass is 10.0. The summed E-state index contributed by atoms with van der Waals surface area (Å²) in [7, 11) is 1.42. The largest absolute Gasteiger partial charge is 0.496 e. The maximum Gasteiger partial charge on any atom is 0.417 e. The molecule has 2 rings (SSSR count). The normalized spacial score (nSPS) is 19.4. The Balaban J connectivity index is 2.36. The topological polar surface area (TPSA) is 21.3 Å². The van der Waals surface area contributed by atoms with Gasteiger partial charge in [-0.05, 0) is 49.8 Å². The molecule has 0 spiro atoms. The van der Waals surface area contributed by atoms with Gasteiger partial charge in [0.15, 0.2) is 0 Å². The minimum atomic E-state index is -4.35. The molecule has 0 amide bonds. The van der Waals surface area contributed by atoms with Gasteiger partial charge in [0.2, 0.25) is 0 Å². The maximum atomic E-state index is 13.0. The van der Waals surface area contributed by atoms with Crippen molar-refractivity contribution in [3.8, 4) is 5.75 Å². The molecule has 20 heavy (non-hydrogen) atoms. The van der Waals surface area contributed by atoms with Crippen LogP contribution >= 0.6 is 11.8 Å². The summed E-state index contributed by atoms with van der Waals surface area (Å²) in [6.07, 6.45) is 0.182. The molecule has 0 radical (unpaired) electrons. The molecule has 0 unspecified atom stereocenters. The lowest BCUT2D eigenvalue weighted by Crippen LogP contribution is -2.24. The molecule has 1 atom stereocenters. The van der Waals surface area contributed by atoms with Crippen LogP contribution in [0, 0.1) is 0 Å². The van der Waals surface area contributed by atoms with E-state index in [4.69, 9.17) is 4.74 Å². The predicted octanol–water partition coefficient (Wildman–Crippen LogP) is 3.73. The molecule has 112 valence electrons. The Hall–Kier alpha value is -0.880. The molecular weight excluding hydrogens is 287 g/mol. The summed E-state index contributed by atoms with van der Waals surface area (Å²) < 4.78 is 44.2. The van der Waals surface area contributed by atoms with Gasteiger partial charge in [-0.2, -0.15) is 13.2 Å². The highest BCUT2D eigenvalue weighted by Gasteiger charge is 2.34. The molecule has 1 saturated heterocycles. The Morgan fingerprint density at radius 2 is 2.15 bits per heavy atom. The first-order valence-electron chi connectivity index (χ1n) is 6.51. The van der Waals surface area contributed by atoms with Gasteiger partial charge in [-0.15, -0.1) is 11.8 Å². The lowest BCUT2D eigenvalue weighted by Gasteiger charge is -2.18. The SMILES string of the molecule is COc1cc(C(F)(F)F)c(SC)cc1C[C@H]1CCCN1. The zero-order chi connectivity index (χ0) is 14.8.